The zero-order valence-corrected chi connectivity index (χ0v) is 18.2. The van der Waals surface area contributed by atoms with E-state index in [1.165, 1.54) is 16.4 Å². The molecule has 2 aromatic carbocycles. The van der Waals surface area contributed by atoms with Gasteiger partial charge in [0.1, 0.15) is 6.23 Å². The number of carbonyl (C=O) groups excluding carboxylic acids is 2. The van der Waals surface area contributed by atoms with Gasteiger partial charge in [0.15, 0.2) is 11.5 Å². The van der Waals surface area contributed by atoms with Crippen LogP contribution in [0.15, 0.2) is 47.4 Å². The SMILES string of the molecule is Cc1ccc(S(=O)(=O)N2CCO[C@@H]2CNC(=O)C(=O)NCc2ccc3c(c2)OCO3)cc1. The fourth-order valence-corrected chi connectivity index (χ4v) is 4.87. The second-order valence-electron chi connectivity index (χ2n) is 7.33. The van der Waals surface area contributed by atoms with Gasteiger partial charge in [0, 0.05) is 13.1 Å². The average molecular weight is 461 g/mol. The molecule has 2 aliphatic heterocycles. The summed E-state index contributed by atoms with van der Waals surface area (Å²) in [6, 6.07) is 11.7. The van der Waals surface area contributed by atoms with Crippen LogP contribution in [0, 0.1) is 6.92 Å². The third-order valence-corrected chi connectivity index (χ3v) is 7.01. The third kappa shape index (κ3) is 4.69. The first-order chi connectivity index (χ1) is 15.3. The Balaban J connectivity index is 1.30. The number of hydrogen-bond acceptors (Lipinski definition) is 7. The minimum atomic E-state index is -3.79. The van der Waals surface area contributed by atoms with Crippen molar-refractivity contribution in [3.05, 3.63) is 53.6 Å². The Morgan fingerprint density at radius 2 is 1.75 bits per heavy atom. The van der Waals surface area contributed by atoms with Gasteiger partial charge in [-0.15, -0.1) is 0 Å². The highest BCUT2D eigenvalue weighted by Gasteiger charge is 2.36. The number of benzene rings is 2. The van der Waals surface area contributed by atoms with Gasteiger partial charge in [-0.2, -0.15) is 4.31 Å². The number of nitrogens with one attached hydrogen (secondary N) is 2. The Morgan fingerprint density at radius 3 is 2.53 bits per heavy atom. The summed E-state index contributed by atoms with van der Waals surface area (Å²) >= 11 is 0. The zero-order valence-electron chi connectivity index (χ0n) is 17.4. The van der Waals surface area contributed by atoms with Gasteiger partial charge in [-0.25, -0.2) is 8.42 Å². The molecule has 2 N–H and O–H groups in total. The molecule has 170 valence electrons. The molecule has 1 saturated heterocycles. The Morgan fingerprint density at radius 1 is 1.03 bits per heavy atom. The van der Waals surface area contributed by atoms with E-state index in [1.54, 1.807) is 30.3 Å². The summed E-state index contributed by atoms with van der Waals surface area (Å²) in [4.78, 5) is 24.5. The summed E-state index contributed by atoms with van der Waals surface area (Å²) < 4.78 is 43.0. The molecule has 0 aliphatic carbocycles. The number of sulfonamides is 1. The van der Waals surface area contributed by atoms with Gasteiger partial charge in [-0.1, -0.05) is 23.8 Å². The van der Waals surface area contributed by atoms with E-state index in [9.17, 15) is 18.0 Å². The first-order valence-electron chi connectivity index (χ1n) is 9.99. The molecule has 2 heterocycles. The fraction of sp³-hybridized carbons (Fsp3) is 0.333. The predicted octanol–water partition coefficient (Wildman–Crippen LogP) is 0.503. The van der Waals surface area contributed by atoms with E-state index >= 15 is 0 Å². The molecular formula is C21H23N3O7S. The minimum absolute atomic E-state index is 0.122. The van der Waals surface area contributed by atoms with Crippen molar-refractivity contribution in [3.8, 4) is 11.5 Å². The van der Waals surface area contributed by atoms with Gasteiger partial charge in [-0.05, 0) is 36.8 Å². The van der Waals surface area contributed by atoms with Crippen LogP contribution in [0.1, 0.15) is 11.1 Å². The Labute approximate surface area is 185 Å². The van der Waals surface area contributed by atoms with Crippen molar-refractivity contribution in [2.75, 3.05) is 26.5 Å². The lowest BCUT2D eigenvalue weighted by atomic mass is 10.2. The average Bonchev–Trinajstić information content (AvgIpc) is 3.45. The van der Waals surface area contributed by atoms with Crippen LogP contribution in [0.3, 0.4) is 0 Å². The summed E-state index contributed by atoms with van der Waals surface area (Å²) in [6.07, 6.45) is -0.896. The highest BCUT2D eigenvalue weighted by atomic mass is 32.2. The summed E-state index contributed by atoms with van der Waals surface area (Å²) in [6.45, 7) is 2.34. The fourth-order valence-electron chi connectivity index (χ4n) is 3.36. The Kier molecular flexibility index (Phi) is 6.31. The van der Waals surface area contributed by atoms with E-state index in [-0.39, 0.29) is 37.9 Å². The van der Waals surface area contributed by atoms with E-state index in [1.807, 2.05) is 6.92 Å². The van der Waals surface area contributed by atoms with Crippen molar-refractivity contribution in [1.82, 2.24) is 14.9 Å². The van der Waals surface area contributed by atoms with Gasteiger partial charge in [0.05, 0.1) is 18.0 Å². The van der Waals surface area contributed by atoms with E-state index in [2.05, 4.69) is 10.6 Å². The zero-order chi connectivity index (χ0) is 22.7. The lowest BCUT2D eigenvalue weighted by molar-refractivity contribution is -0.139. The maximum absolute atomic E-state index is 12.9. The normalized spacial score (nSPS) is 17.8. The Hall–Kier alpha value is -3.15. The van der Waals surface area contributed by atoms with Crippen molar-refractivity contribution in [2.24, 2.45) is 0 Å². The highest BCUT2D eigenvalue weighted by molar-refractivity contribution is 7.89. The molecule has 0 bridgehead atoms. The lowest BCUT2D eigenvalue weighted by Gasteiger charge is -2.22. The van der Waals surface area contributed by atoms with Gasteiger partial charge < -0.3 is 24.8 Å². The maximum Gasteiger partial charge on any atom is 0.309 e. The van der Waals surface area contributed by atoms with Crippen LogP contribution >= 0.6 is 0 Å². The van der Waals surface area contributed by atoms with Crippen molar-refractivity contribution < 1.29 is 32.2 Å². The smallest absolute Gasteiger partial charge is 0.309 e. The van der Waals surface area contributed by atoms with E-state index in [0.29, 0.717) is 11.5 Å². The summed E-state index contributed by atoms with van der Waals surface area (Å²) in [5, 5.41) is 4.96. The first-order valence-corrected chi connectivity index (χ1v) is 11.4. The van der Waals surface area contributed by atoms with Crippen molar-refractivity contribution >= 4 is 21.8 Å². The number of aryl methyl sites for hydroxylation is 1. The molecule has 10 nitrogen and oxygen atoms in total. The number of fused-ring (bicyclic) bond motifs is 1. The topological polar surface area (TPSA) is 123 Å². The number of nitrogens with zero attached hydrogens (tertiary/aromatic N) is 1. The van der Waals surface area contributed by atoms with Crippen LogP contribution < -0.4 is 20.1 Å². The van der Waals surface area contributed by atoms with Gasteiger partial charge in [0.2, 0.25) is 16.8 Å². The lowest BCUT2D eigenvalue weighted by Crippen LogP contribution is -2.47. The second kappa shape index (κ2) is 9.15. The number of amides is 2. The largest absolute Gasteiger partial charge is 0.454 e. The van der Waals surface area contributed by atoms with Crippen LogP contribution in [0.25, 0.3) is 0 Å². The van der Waals surface area contributed by atoms with E-state index < -0.39 is 28.1 Å². The minimum Gasteiger partial charge on any atom is -0.454 e. The number of carbonyl (C=O) groups is 2. The van der Waals surface area contributed by atoms with Gasteiger partial charge >= 0.3 is 11.8 Å². The summed E-state index contributed by atoms with van der Waals surface area (Å²) in [7, 11) is -3.79. The van der Waals surface area contributed by atoms with Gasteiger partial charge in [-0.3, -0.25) is 9.59 Å². The van der Waals surface area contributed by atoms with Crippen LogP contribution in [0.4, 0.5) is 0 Å². The molecule has 32 heavy (non-hydrogen) atoms. The van der Waals surface area contributed by atoms with Crippen molar-refractivity contribution in [3.63, 3.8) is 0 Å². The van der Waals surface area contributed by atoms with Crippen molar-refractivity contribution in [1.29, 1.82) is 0 Å². The molecule has 2 aliphatic rings. The maximum atomic E-state index is 12.9. The van der Waals surface area contributed by atoms with Gasteiger partial charge in [0.25, 0.3) is 0 Å². The molecule has 0 unspecified atom stereocenters. The number of rotatable bonds is 6. The predicted molar refractivity (Wildman–Crippen MR) is 112 cm³/mol. The molecule has 11 heteroatoms. The van der Waals surface area contributed by atoms with Crippen LogP contribution in [-0.2, 0) is 30.9 Å². The molecule has 1 atom stereocenters. The second-order valence-corrected chi connectivity index (χ2v) is 9.23. The molecule has 2 amide bonds. The van der Waals surface area contributed by atoms with Crippen molar-refractivity contribution in [2.45, 2.75) is 24.6 Å². The van der Waals surface area contributed by atoms with E-state index in [0.717, 1.165) is 11.1 Å². The Bertz CT molecular complexity index is 1120. The molecule has 0 aromatic heterocycles. The number of ether oxygens (including phenoxy) is 3. The molecule has 0 saturated carbocycles. The molecular weight excluding hydrogens is 438 g/mol. The molecule has 4 rings (SSSR count). The van der Waals surface area contributed by atoms with Crippen LogP contribution in [0.2, 0.25) is 0 Å². The van der Waals surface area contributed by atoms with E-state index in [4.69, 9.17) is 14.2 Å². The number of hydrogen-bond donors (Lipinski definition) is 2. The monoisotopic (exact) mass is 461 g/mol. The van der Waals surface area contributed by atoms with Crippen LogP contribution in [-0.4, -0.2) is 57.3 Å². The summed E-state index contributed by atoms with van der Waals surface area (Å²) in [5.74, 6) is -0.517. The quantitative estimate of drug-likeness (QED) is 0.601. The molecule has 2 aromatic rings. The first kappa shape index (κ1) is 22.1. The van der Waals surface area contributed by atoms with Crippen LogP contribution in [0.5, 0.6) is 11.5 Å². The molecule has 0 radical (unpaired) electrons. The standard InChI is InChI=1S/C21H23N3O7S/c1-14-2-5-16(6-3-14)32(27,28)24-8-9-29-19(24)12-23-21(26)20(25)22-11-15-4-7-17-18(10-15)31-13-30-17/h2-7,10,19H,8-9,11-13H2,1H3,(H,22,25)(H,23,26)/t19-/m1/s1. The third-order valence-electron chi connectivity index (χ3n) is 5.10. The molecule has 0 spiro atoms. The highest BCUT2D eigenvalue weighted by Crippen LogP contribution is 2.32. The summed E-state index contributed by atoms with van der Waals surface area (Å²) in [5.41, 5.74) is 1.68. The molecule has 1 fully saturated rings.